The molecular formula is C22H24ClNO4. The average molecular weight is 402 g/mol. The van der Waals surface area contributed by atoms with Crippen LogP contribution in [0.2, 0.25) is 0 Å². The summed E-state index contributed by atoms with van der Waals surface area (Å²) in [6.45, 7) is 1.87. The zero-order valence-electron chi connectivity index (χ0n) is 16.2. The minimum Gasteiger partial charge on any atom is -0.497 e. The third kappa shape index (κ3) is 3.85. The molecule has 1 fully saturated rings. The summed E-state index contributed by atoms with van der Waals surface area (Å²) in [5.74, 6) is 0.917. The van der Waals surface area contributed by atoms with E-state index in [0.29, 0.717) is 0 Å². The van der Waals surface area contributed by atoms with Crippen LogP contribution in [0.1, 0.15) is 36.6 Å². The Morgan fingerprint density at radius 1 is 1.00 bits per heavy atom. The van der Waals surface area contributed by atoms with Gasteiger partial charge in [0, 0.05) is 12.3 Å². The van der Waals surface area contributed by atoms with Gasteiger partial charge in [-0.25, -0.2) is 0 Å². The fourth-order valence-corrected chi connectivity index (χ4v) is 3.98. The molecule has 0 bridgehead atoms. The van der Waals surface area contributed by atoms with Gasteiger partial charge in [0.25, 0.3) is 0 Å². The highest BCUT2D eigenvalue weighted by atomic mass is 35.5. The fraction of sp³-hybridized carbons (Fsp3) is 0.364. The minimum absolute atomic E-state index is 0.125. The van der Waals surface area contributed by atoms with Crippen LogP contribution >= 0.6 is 11.6 Å². The summed E-state index contributed by atoms with van der Waals surface area (Å²) in [6, 6.07) is 14.2. The molecule has 0 radical (unpaired) electrons. The number of ether oxygens (including phenoxy) is 2. The van der Waals surface area contributed by atoms with E-state index in [2.05, 4.69) is 0 Å². The van der Waals surface area contributed by atoms with Crippen molar-refractivity contribution in [2.45, 2.75) is 25.4 Å². The molecule has 3 atom stereocenters. The molecule has 5 nitrogen and oxygen atoms in total. The van der Waals surface area contributed by atoms with Crippen LogP contribution in [0.25, 0.3) is 0 Å². The van der Waals surface area contributed by atoms with E-state index in [0.717, 1.165) is 22.6 Å². The first-order chi connectivity index (χ1) is 13.5. The minimum atomic E-state index is -0.384. The predicted molar refractivity (Wildman–Crippen MR) is 108 cm³/mol. The Balaban J connectivity index is 2.05. The number of methoxy groups -OCH3 is 2. The quantitative estimate of drug-likeness (QED) is 0.706. The number of benzene rings is 2. The lowest BCUT2D eigenvalue weighted by molar-refractivity contribution is -0.144. The molecule has 0 saturated carbocycles. The fourth-order valence-electron chi connectivity index (χ4n) is 3.84. The molecule has 1 heterocycles. The van der Waals surface area contributed by atoms with Crippen LogP contribution in [0.5, 0.6) is 11.5 Å². The van der Waals surface area contributed by atoms with Crippen molar-refractivity contribution in [3.05, 3.63) is 59.7 Å². The number of piperidine rings is 1. The summed E-state index contributed by atoms with van der Waals surface area (Å²) in [6.07, 6.45) is 0.267. The number of carbonyl (C=O) groups excluding carboxylic acids is 2. The van der Waals surface area contributed by atoms with Crippen LogP contribution in [0.3, 0.4) is 0 Å². The highest BCUT2D eigenvalue weighted by Crippen LogP contribution is 2.44. The Labute approximate surface area is 170 Å². The smallest absolute Gasteiger partial charge is 0.238 e. The summed E-state index contributed by atoms with van der Waals surface area (Å²) >= 11 is 5.95. The molecule has 148 valence electrons. The Morgan fingerprint density at radius 3 is 1.96 bits per heavy atom. The molecule has 0 aliphatic carbocycles. The molecule has 28 heavy (non-hydrogen) atoms. The van der Waals surface area contributed by atoms with Crippen LogP contribution in [0.4, 0.5) is 0 Å². The van der Waals surface area contributed by atoms with Crippen molar-refractivity contribution in [1.29, 1.82) is 0 Å². The predicted octanol–water partition coefficient (Wildman–Crippen LogP) is 4.16. The van der Waals surface area contributed by atoms with E-state index in [1.807, 2.05) is 55.5 Å². The van der Waals surface area contributed by atoms with Gasteiger partial charge in [-0.2, -0.15) is 0 Å². The van der Waals surface area contributed by atoms with E-state index < -0.39 is 0 Å². The Bertz CT molecular complexity index is 835. The molecule has 1 aliphatic heterocycles. The maximum atomic E-state index is 12.9. The van der Waals surface area contributed by atoms with E-state index in [1.54, 1.807) is 19.1 Å². The van der Waals surface area contributed by atoms with Gasteiger partial charge in [0.05, 0.1) is 26.3 Å². The van der Waals surface area contributed by atoms with E-state index in [4.69, 9.17) is 21.1 Å². The molecule has 6 heteroatoms. The number of Topliss-reactive ketones (excluding diaryl/α,β-unsaturated/α-hetero) is 1. The lowest BCUT2D eigenvalue weighted by atomic mass is 9.80. The van der Waals surface area contributed by atoms with Gasteiger partial charge in [-0.1, -0.05) is 31.2 Å². The van der Waals surface area contributed by atoms with E-state index in [1.165, 1.54) is 0 Å². The molecule has 0 N–H and O–H groups in total. The molecule has 1 aliphatic rings. The first-order valence-electron chi connectivity index (χ1n) is 9.18. The first kappa shape index (κ1) is 20.2. The van der Waals surface area contributed by atoms with Gasteiger partial charge < -0.3 is 14.4 Å². The number of hydrogen-bond donors (Lipinski definition) is 0. The van der Waals surface area contributed by atoms with Crippen molar-refractivity contribution < 1.29 is 19.1 Å². The summed E-state index contributed by atoms with van der Waals surface area (Å²) in [5, 5.41) is 0. The summed E-state index contributed by atoms with van der Waals surface area (Å²) in [4.78, 5) is 27.5. The Hall–Kier alpha value is -2.53. The highest BCUT2D eigenvalue weighted by molar-refractivity contribution is 6.27. The molecule has 3 rings (SSSR count). The molecular weight excluding hydrogens is 378 g/mol. The molecule has 1 saturated heterocycles. The Kier molecular flexibility index (Phi) is 6.25. The zero-order valence-corrected chi connectivity index (χ0v) is 17.0. The number of carbonyl (C=O) groups is 2. The van der Waals surface area contributed by atoms with Crippen molar-refractivity contribution in [2.75, 3.05) is 20.1 Å². The third-order valence-corrected chi connectivity index (χ3v) is 5.60. The normalized spacial score (nSPS) is 22.1. The van der Waals surface area contributed by atoms with Gasteiger partial charge in [-0.15, -0.1) is 11.6 Å². The van der Waals surface area contributed by atoms with Crippen molar-refractivity contribution in [2.24, 2.45) is 5.92 Å². The van der Waals surface area contributed by atoms with Gasteiger partial charge in [-0.3, -0.25) is 9.59 Å². The lowest BCUT2D eigenvalue weighted by Gasteiger charge is -2.45. The molecule has 0 spiro atoms. The summed E-state index contributed by atoms with van der Waals surface area (Å²) < 4.78 is 10.5. The van der Waals surface area contributed by atoms with Crippen LogP contribution in [-0.2, 0) is 9.59 Å². The van der Waals surface area contributed by atoms with Crippen molar-refractivity contribution in [1.82, 2.24) is 4.90 Å². The number of halogens is 1. The second kappa shape index (κ2) is 8.65. The van der Waals surface area contributed by atoms with Gasteiger partial charge in [0.15, 0.2) is 0 Å². The Morgan fingerprint density at radius 2 is 1.50 bits per heavy atom. The lowest BCUT2D eigenvalue weighted by Crippen LogP contribution is -2.48. The van der Waals surface area contributed by atoms with E-state index in [-0.39, 0.29) is 42.0 Å². The number of amides is 1. The number of rotatable bonds is 5. The largest absolute Gasteiger partial charge is 0.497 e. The molecule has 2 aromatic carbocycles. The van der Waals surface area contributed by atoms with Gasteiger partial charge in [-0.05, 0) is 35.4 Å². The second-order valence-corrected chi connectivity index (χ2v) is 7.17. The first-order valence-corrected chi connectivity index (χ1v) is 9.71. The standard InChI is InChI=1S/C22H24ClNO4/c1-14-20(25)12-19(15-4-8-17(27-2)9-5-15)24(21(26)13-23)22(14)16-6-10-18(28-3)11-7-16/h4-11,14,19,22H,12-13H2,1-3H3/t14-,19+,22-/m1/s1. The van der Waals surface area contributed by atoms with Crippen molar-refractivity contribution in [3.63, 3.8) is 0 Å². The molecule has 0 aromatic heterocycles. The van der Waals surface area contributed by atoms with Gasteiger partial charge in [0.1, 0.15) is 23.2 Å². The van der Waals surface area contributed by atoms with E-state index >= 15 is 0 Å². The monoisotopic (exact) mass is 401 g/mol. The van der Waals surface area contributed by atoms with Crippen molar-refractivity contribution in [3.8, 4) is 11.5 Å². The van der Waals surface area contributed by atoms with Gasteiger partial charge in [0.2, 0.25) is 5.91 Å². The topological polar surface area (TPSA) is 55.8 Å². The molecule has 0 unspecified atom stereocenters. The molecule has 2 aromatic rings. The maximum Gasteiger partial charge on any atom is 0.238 e. The highest BCUT2D eigenvalue weighted by Gasteiger charge is 2.43. The third-order valence-electron chi connectivity index (χ3n) is 5.37. The van der Waals surface area contributed by atoms with E-state index in [9.17, 15) is 9.59 Å². The van der Waals surface area contributed by atoms with Crippen molar-refractivity contribution >= 4 is 23.3 Å². The second-order valence-electron chi connectivity index (χ2n) is 6.90. The molecule has 1 amide bonds. The van der Waals surface area contributed by atoms with Crippen LogP contribution in [0.15, 0.2) is 48.5 Å². The maximum absolute atomic E-state index is 12.9. The zero-order chi connectivity index (χ0) is 20.3. The van der Waals surface area contributed by atoms with Crippen LogP contribution in [0, 0.1) is 5.92 Å². The summed E-state index contributed by atoms with van der Waals surface area (Å²) in [5.41, 5.74) is 1.77. The number of nitrogens with zero attached hydrogens (tertiary/aromatic N) is 1. The number of alkyl halides is 1. The number of likely N-dealkylation sites (tertiary alicyclic amines) is 1. The van der Waals surface area contributed by atoms with Gasteiger partial charge >= 0.3 is 0 Å². The average Bonchev–Trinajstić information content (AvgIpc) is 2.74. The van der Waals surface area contributed by atoms with Crippen LogP contribution < -0.4 is 9.47 Å². The SMILES string of the molecule is COc1ccc([C@@H]2CC(=O)[C@@H](C)[C@H](c3ccc(OC)cc3)N2C(=O)CCl)cc1. The number of ketones is 1. The summed E-state index contributed by atoms with van der Waals surface area (Å²) in [7, 11) is 3.20. The van der Waals surface area contributed by atoms with Crippen LogP contribution in [-0.4, -0.2) is 36.7 Å². The number of hydrogen-bond acceptors (Lipinski definition) is 4.